The number of ether oxygens (including phenoxy) is 2. The summed E-state index contributed by atoms with van der Waals surface area (Å²) in [4.78, 5) is 29.7. The number of hydrogen-bond donors (Lipinski definition) is 0. The first-order valence-electron chi connectivity index (χ1n) is 14.7. The number of hydrogen-bond acceptors (Lipinski definition) is 6. The number of carbonyl (C=O) groups excluding carboxylic acids is 2. The lowest BCUT2D eigenvalue weighted by atomic mass is 9.85. The highest BCUT2D eigenvalue weighted by atomic mass is 35.5. The van der Waals surface area contributed by atoms with Gasteiger partial charge in [0.15, 0.2) is 10.5 Å². The van der Waals surface area contributed by atoms with Gasteiger partial charge < -0.3 is 14.4 Å². The van der Waals surface area contributed by atoms with Crippen LogP contribution in [0.15, 0.2) is 4.99 Å². The van der Waals surface area contributed by atoms with E-state index in [1.165, 1.54) is 70.6 Å². The van der Waals surface area contributed by atoms with Gasteiger partial charge in [-0.3, -0.25) is 14.6 Å². The minimum atomic E-state index is -0.857. The highest BCUT2D eigenvalue weighted by molar-refractivity contribution is 6.33. The fourth-order valence-electron chi connectivity index (χ4n) is 5.35. The molecule has 214 valence electrons. The van der Waals surface area contributed by atoms with Crippen molar-refractivity contribution in [1.82, 2.24) is 4.90 Å². The van der Waals surface area contributed by atoms with Gasteiger partial charge >= 0.3 is 11.9 Å². The maximum absolute atomic E-state index is 12.4. The Balaban J connectivity index is 1.52. The van der Waals surface area contributed by atoms with Crippen LogP contribution in [0.4, 0.5) is 0 Å². The Labute approximate surface area is 235 Å². The molecule has 0 aliphatic carbocycles. The van der Waals surface area contributed by atoms with Crippen molar-refractivity contribution >= 4 is 41.5 Å². The quantitative estimate of drug-likeness (QED) is 0.0656. The summed E-state index contributed by atoms with van der Waals surface area (Å²) >= 11 is 13.1. The van der Waals surface area contributed by atoms with E-state index in [1.54, 1.807) is 11.2 Å². The number of alkyl halides is 2. The molecule has 0 aromatic carbocycles. The summed E-state index contributed by atoms with van der Waals surface area (Å²) in [5.41, 5.74) is -0.569. The molecule has 0 aromatic heterocycles. The van der Waals surface area contributed by atoms with Crippen LogP contribution in [0.3, 0.4) is 0 Å². The van der Waals surface area contributed by atoms with E-state index < -0.39 is 10.5 Å². The van der Waals surface area contributed by atoms with Gasteiger partial charge in [0.1, 0.15) is 0 Å². The van der Waals surface area contributed by atoms with E-state index in [0.717, 1.165) is 12.8 Å². The molecule has 2 rings (SSSR count). The van der Waals surface area contributed by atoms with E-state index in [-0.39, 0.29) is 29.9 Å². The fourth-order valence-corrected chi connectivity index (χ4v) is 5.94. The molecule has 2 aliphatic heterocycles. The lowest BCUT2D eigenvalue weighted by Crippen LogP contribution is -2.45. The molecule has 5 atom stereocenters. The molecule has 37 heavy (non-hydrogen) atoms. The van der Waals surface area contributed by atoms with Crippen LogP contribution in [0.2, 0.25) is 0 Å². The van der Waals surface area contributed by atoms with E-state index in [1.807, 2.05) is 14.0 Å². The van der Waals surface area contributed by atoms with Gasteiger partial charge in [-0.05, 0) is 32.6 Å². The molecule has 8 heteroatoms. The van der Waals surface area contributed by atoms with Crippen LogP contribution in [0.1, 0.15) is 123 Å². The van der Waals surface area contributed by atoms with Gasteiger partial charge in [-0.15, -0.1) is 0 Å². The maximum Gasteiger partial charge on any atom is 0.309 e. The standard InChI is InChI=1S/C29H50Cl2N2O4/c1-4-5-6-7-8-9-10-11-12-13-14-15-16-17-26(34)37-23(2)18-19-25-24(21-36-27(25)35)20-29(31)28(30)32-22-33(29)3/h22-25,28H,4-21H2,1-3H3/t23?,24-,25-,28?,29?/m0/s1. The normalized spacial score (nSPS) is 26.0. The number of carbonyl (C=O) groups is 2. The lowest BCUT2D eigenvalue weighted by molar-refractivity contribution is -0.148. The second-order valence-corrected chi connectivity index (χ2v) is 12.2. The van der Waals surface area contributed by atoms with Crippen LogP contribution in [0, 0.1) is 11.8 Å². The summed E-state index contributed by atoms with van der Waals surface area (Å²) in [7, 11) is 1.84. The third kappa shape index (κ3) is 11.3. The van der Waals surface area contributed by atoms with Crippen molar-refractivity contribution in [3.8, 4) is 0 Å². The Kier molecular flexibility index (Phi) is 15.3. The second kappa shape index (κ2) is 17.6. The van der Waals surface area contributed by atoms with Crippen LogP contribution < -0.4 is 0 Å². The minimum Gasteiger partial charge on any atom is -0.465 e. The predicted molar refractivity (Wildman–Crippen MR) is 152 cm³/mol. The van der Waals surface area contributed by atoms with E-state index >= 15 is 0 Å². The first-order chi connectivity index (χ1) is 17.8. The van der Waals surface area contributed by atoms with E-state index in [9.17, 15) is 9.59 Å². The first-order valence-corrected chi connectivity index (χ1v) is 15.5. The van der Waals surface area contributed by atoms with Gasteiger partial charge in [0.05, 0.1) is 25.0 Å². The van der Waals surface area contributed by atoms with Gasteiger partial charge in [0.2, 0.25) is 0 Å². The van der Waals surface area contributed by atoms with Crippen molar-refractivity contribution in [3.05, 3.63) is 0 Å². The molecule has 1 saturated heterocycles. The summed E-state index contributed by atoms with van der Waals surface area (Å²) in [6.45, 7) is 4.49. The predicted octanol–water partition coefficient (Wildman–Crippen LogP) is 7.83. The maximum atomic E-state index is 12.4. The average Bonchev–Trinajstić information content (AvgIpc) is 3.33. The summed E-state index contributed by atoms with van der Waals surface area (Å²) < 4.78 is 10.9. The Morgan fingerprint density at radius 2 is 1.68 bits per heavy atom. The van der Waals surface area contributed by atoms with Crippen molar-refractivity contribution in [2.45, 2.75) is 140 Å². The molecule has 0 radical (unpaired) electrons. The molecule has 2 heterocycles. The Hall–Kier alpha value is -1.01. The molecule has 0 bridgehead atoms. The van der Waals surface area contributed by atoms with Crippen LogP contribution in [-0.4, -0.2) is 53.4 Å². The van der Waals surface area contributed by atoms with Gasteiger partial charge in [-0.25, -0.2) is 0 Å². The molecule has 0 saturated carbocycles. The number of aliphatic imine (C=N–C) groups is 1. The van der Waals surface area contributed by atoms with E-state index in [0.29, 0.717) is 32.3 Å². The van der Waals surface area contributed by atoms with Gasteiger partial charge in [-0.1, -0.05) is 107 Å². The monoisotopic (exact) mass is 560 g/mol. The molecule has 0 N–H and O–H groups in total. The molecule has 0 aromatic rings. The number of unbranched alkanes of at least 4 members (excludes halogenated alkanes) is 12. The zero-order valence-corrected chi connectivity index (χ0v) is 24.9. The summed E-state index contributed by atoms with van der Waals surface area (Å²) in [6, 6.07) is 0. The van der Waals surface area contributed by atoms with Crippen molar-refractivity contribution in [1.29, 1.82) is 0 Å². The fraction of sp³-hybridized carbons (Fsp3) is 0.897. The highest BCUT2D eigenvalue weighted by Crippen LogP contribution is 2.42. The molecule has 2 aliphatic rings. The smallest absolute Gasteiger partial charge is 0.309 e. The Bertz CT molecular complexity index is 693. The van der Waals surface area contributed by atoms with Crippen LogP contribution in [-0.2, 0) is 19.1 Å². The molecule has 0 spiro atoms. The first kappa shape index (κ1) is 32.2. The molecule has 6 nitrogen and oxygen atoms in total. The Morgan fingerprint density at radius 1 is 1.11 bits per heavy atom. The molecule has 1 fully saturated rings. The SMILES string of the molecule is CCCCCCCCCCCCCCCC(=O)OC(C)CC[C@@H]1C(=O)OC[C@@H]1CC1(Cl)C(Cl)N=CN1C. The number of likely N-dealkylation sites (N-methyl/N-ethyl adjacent to an activating group) is 1. The second-order valence-electron chi connectivity index (χ2n) is 11.1. The highest BCUT2D eigenvalue weighted by Gasteiger charge is 2.48. The molecular weight excluding hydrogens is 511 g/mol. The van der Waals surface area contributed by atoms with Crippen LogP contribution in [0.25, 0.3) is 0 Å². The van der Waals surface area contributed by atoms with Gasteiger partial charge in [-0.2, -0.15) is 0 Å². The number of halogens is 2. The Morgan fingerprint density at radius 3 is 2.22 bits per heavy atom. The number of esters is 2. The zero-order valence-electron chi connectivity index (χ0n) is 23.4. The summed E-state index contributed by atoms with van der Waals surface area (Å²) in [5.74, 6) is -0.654. The third-order valence-corrected chi connectivity index (χ3v) is 9.10. The van der Waals surface area contributed by atoms with Crippen molar-refractivity contribution < 1.29 is 19.1 Å². The summed E-state index contributed by atoms with van der Waals surface area (Å²) in [6.07, 6.45) is 20.3. The van der Waals surface area contributed by atoms with Gasteiger partial charge in [0, 0.05) is 19.4 Å². The van der Waals surface area contributed by atoms with Crippen molar-refractivity contribution in [3.63, 3.8) is 0 Å². The molecule has 0 amide bonds. The lowest BCUT2D eigenvalue weighted by Gasteiger charge is -2.34. The van der Waals surface area contributed by atoms with Crippen LogP contribution >= 0.6 is 23.2 Å². The van der Waals surface area contributed by atoms with E-state index in [2.05, 4.69) is 11.9 Å². The summed E-state index contributed by atoms with van der Waals surface area (Å²) in [5, 5.41) is 0. The van der Waals surface area contributed by atoms with E-state index in [4.69, 9.17) is 32.7 Å². The third-order valence-electron chi connectivity index (χ3n) is 7.88. The minimum absolute atomic E-state index is 0.0379. The topological polar surface area (TPSA) is 68.2 Å². The van der Waals surface area contributed by atoms with Crippen LogP contribution in [0.5, 0.6) is 0 Å². The average molecular weight is 562 g/mol. The van der Waals surface area contributed by atoms with Crippen molar-refractivity contribution in [2.24, 2.45) is 16.8 Å². The molecular formula is C29H50Cl2N2O4. The van der Waals surface area contributed by atoms with Crippen molar-refractivity contribution in [2.75, 3.05) is 13.7 Å². The number of cyclic esters (lactones) is 1. The zero-order chi connectivity index (χ0) is 27.1. The largest absolute Gasteiger partial charge is 0.465 e. The number of rotatable bonds is 20. The molecule has 3 unspecified atom stereocenters. The number of nitrogens with zero attached hydrogens (tertiary/aromatic N) is 2. The van der Waals surface area contributed by atoms with Gasteiger partial charge in [0.25, 0.3) is 0 Å².